The van der Waals surface area contributed by atoms with Gasteiger partial charge in [0, 0.05) is 17.5 Å². The highest BCUT2D eigenvalue weighted by molar-refractivity contribution is 6.30. The van der Waals surface area contributed by atoms with Crippen LogP contribution in [0, 0.1) is 5.92 Å². The Morgan fingerprint density at radius 3 is 2.33 bits per heavy atom. The van der Waals surface area contributed by atoms with Crippen LogP contribution in [0.1, 0.15) is 50.0 Å². The van der Waals surface area contributed by atoms with Crippen molar-refractivity contribution in [1.82, 2.24) is 4.90 Å². The van der Waals surface area contributed by atoms with Crippen LogP contribution in [0.15, 0.2) is 24.3 Å². The van der Waals surface area contributed by atoms with Gasteiger partial charge in [-0.25, -0.2) is 0 Å². The first-order valence-electron chi connectivity index (χ1n) is 8.16. The zero-order valence-corrected chi connectivity index (χ0v) is 14.0. The molecule has 0 aliphatic heterocycles. The van der Waals surface area contributed by atoms with Gasteiger partial charge in [0.15, 0.2) is 0 Å². The van der Waals surface area contributed by atoms with Gasteiger partial charge < -0.3 is 10.0 Å². The van der Waals surface area contributed by atoms with E-state index < -0.39 is 0 Å². The van der Waals surface area contributed by atoms with Crippen molar-refractivity contribution in [1.29, 1.82) is 0 Å². The van der Waals surface area contributed by atoms with Crippen LogP contribution < -0.4 is 0 Å². The Morgan fingerprint density at radius 1 is 1.10 bits per heavy atom. The van der Waals surface area contributed by atoms with Crippen LogP contribution in [0.25, 0.3) is 0 Å². The lowest BCUT2D eigenvalue weighted by atomic mass is 9.76. The van der Waals surface area contributed by atoms with Crippen molar-refractivity contribution >= 4 is 11.6 Å². The largest absolute Gasteiger partial charge is 0.393 e. The highest BCUT2D eigenvalue weighted by atomic mass is 35.5. The van der Waals surface area contributed by atoms with Gasteiger partial charge in [-0.1, -0.05) is 49.4 Å². The number of benzene rings is 1. The van der Waals surface area contributed by atoms with E-state index in [1.165, 1.54) is 24.8 Å². The fraction of sp³-hybridized carbons (Fsp3) is 0.667. The molecule has 0 saturated heterocycles. The smallest absolute Gasteiger partial charge is 0.0574 e. The van der Waals surface area contributed by atoms with Crippen molar-refractivity contribution in [2.24, 2.45) is 5.92 Å². The average molecular weight is 310 g/mol. The molecule has 1 fully saturated rings. The Balaban J connectivity index is 2.22. The summed E-state index contributed by atoms with van der Waals surface area (Å²) in [6.45, 7) is 0.976. The Labute approximate surface area is 134 Å². The van der Waals surface area contributed by atoms with Crippen LogP contribution in [-0.4, -0.2) is 36.8 Å². The number of aliphatic hydroxyl groups is 1. The summed E-state index contributed by atoms with van der Waals surface area (Å²) >= 11 is 6.02. The second kappa shape index (κ2) is 8.17. The van der Waals surface area contributed by atoms with Gasteiger partial charge in [0.2, 0.25) is 0 Å². The highest BCUT2D eigenvalue weighted by Gasteiger charge is 2.30. The molecule has 0 aromatic heterocycles. The molecular weight excluding hydrogens is 282 g/mol. The number of aliphatic hydroxyl groups excluding tert-OH is 1. The molecule has 2 nitrogen and oxygen atoms in total. The molecule has 3 atom stereocenters. The van der Waals surface area contributed by atoms with Crippen LogP contribution in [0.5, 0.6) is 0 Å². The van der Waals surface area contributed by atoms with E-state index in [2.05, 4.69) is 31.1 Å². The van der Waals surface area contributed by atoms with E-state index in [1.807, 2.05) is 12.1 Å². The monoisotopic (exact) mass is 309 g/mol. The third kappa shape index (κ3) is 4.98. The van der Waals surface area contributed by atoms with E-state index in [9.17, 15) is 5.11 Å². The first-order chi connectivity index (χ1) is 10.1. The van der Waals surface area contributed by atoms with Crippen molar-refractivity contribution in [2.45, 2.75) is 50.5 Å². The zero-order chi connectivity index (χ0) is 15.2. The third-order valence-corrected chi connectivity index (χ3v) is 4.91. The Kier molecular flexibility index (Phi) is 6.53. The Morgan fingerprint density at radius 2 is 1.71 bits per heavy atom. The molecule has 2 unspecified atom stereocenters. The second-order valence-electron chi connectivity index (χ2n) is 6.64. The van der Waals surface area contributed by atoms with Gasteiger partial charge in [-0.05, 0) is 50.6 Å². The lowest BCUT2D eigenvalue weighted by Gasteiger charge is -2.34. The molecule has 1 aliphatic carbocycles. The fourth-order valence-electron chi connectivity index (χ4n) is 3.55. The first kappa shape index (κ1) is 16.8. The molecule has 21 heavy (non-hydrogen) atoms. The van der Waals surface area contributed by atoms with Gasteiger partial charge in [0.1, 0.15) is 0 Å². The predicted octanol–water partition coefficient (Wildman–Crippen LogP) is 4.32. The molecule has 1 saturated carbocycles. The minimum absolute atomic E-state index is 0.175. The minimum Gasteiger partial charge on any atom is -0.393 e. The second-order valence-corrected chi connectivity index (χ2v) is 7.08. The average Bonchev–Trinajstić information content (AvgIpc) is 2.42. The first-order valence-corrected chi connectivity index (χ1v) is 8.54. The van der Waals surface area contributed by atoms with Crippen molar-refractivity contribution in [2.75, 3.05) is 20.6 Å². The molecule has 1 aliphatic rings. The van der Waals surface area contributed by atoms with Crippen molar-refractivity contribution < 1.29 is 5.11 Å². The van der Waals surface area contributed by atoms with Gasteiger partial charge in [0.25, 0.3) is 0 Å². The molecule has 0 amide bonds. The van der Waals surface area contributed by atoms with E-state index >= 15 is 0 Å². The lowest BCUT2D eigenvalue weighted by Crippen LogP contribution is -2.33. The summed E-state index contributed by atoms with van der Waals surface area (Å²) in [4.78, 5) is 2.23. The topological polar surface area (TPSA) is 23.5 Å². The summed E-state index contributed by atoms with van der Waals surface area (Å²) in [7, 11) is 4.22. The summed E-state index contributed by atoms with van der Waals surface area (Å²) in [5.41, 5.74) is 1.30. The summed E-state index contributed by atoms with van der Waals surface area (Å²) in [5.74, 6) is 0.735. The Hall–Kier alpha value is -0.570. The number of likely N-dealkylation sites (N-methyl/N-ethyl adjacent to an activating group) is 1. The number of halogens is 1. The van der Waals surface area contributed by atoms with Crippen LogP contribution >= 0.6 is 11.6 Å². The maximum Gasteiger partial charge on any atom is 0.0574 e. The standard InChI is InChI=1S/C18H28ClNO/c1-20(2)13-17(14-9-11-15(19)12-10-14)16-7-5-3-4-6-8-18(16)21/h9-12,16-18,21H,3-8,13H2,1-2H3/t16-,17?,18?/m1/s1. The molecule has 3 heteroatoms. The maximum absolute atomic E-state index is 10.6. The van der Waals surface area contributed by atoms with Gasteiger partial charge >= 0.3 is 0 Å². The summed E-state index contributed by atoms with van der Waals surface area (Å²) in [6.07, 6.45) is 6.86. The van der Waals surface area contributed by atoms with Crippen LogP contribution in [0.4, 0.5) is 0 Å². The molecule has 0 bridgehead atoms. The lowest BCUT2D eigenvalue weighted by molar-refractivity contribution is 0.0626. The number of hydrogen-bond acceptors (Lipinski definition) is 2. The van der Waals surface area contributed by atoms with E-state index in [4.69, 9.17) is 11.6 Å². The normalized spacial score (nSPS) is 25.4. The van der Waals surface area contributed by atoms with E-state index in [-0.39, 0.29) is 6.10 Å². The molecule has 1 aromatic carbocycles. The van der Waals surface area contributed by atoms with E-state index in [1.54, 1.807) is 0 Å². The summed E-state index contributed by atoms with van der Waals surface area (Å²) < 4.78 is 0. The molecule has 118 valence electrons. The van der Waals surface area contributed by atoms with Crippen molar-refractivity contribution in [3.63, 3.8) is 0 Å². The molecule has 0 spiro atoms. The van der Waals surface area contributed by atoms with Gasteiger partial charge in [0.05, 0.1) is 6.10 Å². The molecule has 0 heterocycles. The predicted molar refractivity (Wildman–Crippen MR) is 89.9 cm³/mol. The molecule has 1 aromatic rings. The zero-order valence-electron chi connectivity index (χ0n) is 13.3. The van der Waals surface area contributed by atoms with E-state index in [0.717, 1.165) is 30.8 Å². The number of nitrogens with zero attached hydrogens (tertiary/aromatic N) is 1. The van der Waals surface area contributed by atoms with Gasteiger partial charge in [-0.2, -0.15) is 0 Å². The Bertz CT molecular complexity index is 418. The van der Waals surface area contributed by atoms with Gasteiger partial charge in [-0.15, -0.1) is 0 Å². The van der Waals surface area contributed by atoms with Crippen LogP contribution in [0.2, 0.25) is 5.02 Å². The number of hydrogen-bond donors (Lipinski definition) is 1. The summed E-state index contributed by atoms with van der Waals surface area (Å²) in [6, 6.07) is 8.19. The molecule has 2 rings (SSSR count). The maximum atomic E-state index is 10.6. The highest BCUT2D eigenvalue weighted by Crippen LogP contribution is 2.35. The van der Waals surface area contributed by atoms with Crippen LogP contribution in [-0.2, 0) is 0 Å². The minimum atomic E-state index is -0.175. The van der Waals surface area contributed by atoms with Crippen molar-refractivity contribution in [3.05, 3.63) is 34.9 Å². The number of rotatable bonds is 4. The molecule has 1 N–H and O–H groups in total. The summed E-state index contributed by atoms with van der Waals surface area (Å²) in [5, 5.41) is 11.4. The van der Waals surface area contributed by atoms with Crippen molar-refractivity contribution in [3.8, 4) is 0 Å². The SMILES string of the molecule is CN(C)CC(c1ccc(Cl)cc1)[C@H]1CCCCCCC1O. The molecular formula is C18H28ClNO. The van der Waals surface area contributed by atoms with Crippen LogP contribution in [0.3, 0.4) is 0 Å². The fourth-order valence-corrected chi connectivity index (χ4v) is 3.68. The molecule has 0 radical (unpaired) electrons. The van der Waals surface area contributed by atoms with E-state index in [0.29, 0.717) is 11.8 Å². The van der Waals surface area contributed by atoms with Gasteiger partial charge in [-0.3, -0.25) is 0 Å². The third-order valence-electron chi connectivity index (χ3n) is 4.66. The quantitative estimate of drug-likeness (QED) is 0.895.